The van der Waals surface area contributed by atoms with Gasteiger partial charge in [-0.2, -0.15) is 0 Å². The molecule has 3 heterocycles. The van der Waals surface area contributed by atoms with Crippen molar-refractivity contribution in [3.63, 3.8) is 0 Å². The molecule has 1 fully saturated rings. The second-order valence-electron chi connectivity index (χ2n) is 5.92. The normalized spacial score (nSPS) is 17.0. The zero-order valence-corrected chi connectivity index (χ0v) is 12.9. The van der Waals surface area contributed by atoms with Crippen LogP contribution in [0, 0.1) is 0 Å². The van der Waals surface area contributed by atoms with Gasteiger partial charge in [-0.15, -0.1) is 0 Å². The van der Waals surface area contributed by atoms with Crippen molar-refractivity contribution in [2.24, 2.45) is 0 Å². The summed E-state index contributed by atoms with van der Waals surface area (Å²) in [5.41, 5.74) is 2.05. The van der Waals surface area contributed by atoms with Gasteiger partial charge in [0.1, 0.15) is 11.8 Å². The Morgan fingerprint density at radius 3 is 2.76 bits per heavy atom. The number of H-pyrrole nitrogens is 1. The number of anilines is 1. The van der Waals surface area contributed by atoms with Crippen molar-refractivity contribution >= 4 is 16.9 Å². The van der Waals surface area contributed by atoms with E-state index in [0.717, 1.165) is 49.6 Å². The lowest BCUT2D eigenvalue weighted by Crippen LogP contribution is -2.47. The third kappa shape index (κ3) is 3.33. The molecule has 1 aliphatic heterocycles. The number of rotatable bonds is 5. The quantitative estimate of drug-likeness (QED) is 0.890. The first-order chi connectivity index (χ1) is 10.2. The van der Waals surface area contributed by atoms with Crippen molar-refractivity contribution in [2.75, 3.05) is 58.3 Å². The molecule has 3 rings (SSSR count). The lowest BCUT2D eigenvalue weighted by Gasteiger charge is -2.35. The lowest BCUT2D eigenvalue weighted by atomic mass is 10.2. The summed E-state index contributed by atoms with van der Waals surface area (Å²) in [7, 11) is 4.27. The summed E-state index contributed by atoms with van der Waals surface area (Å²) >= 11 is 0. The zero-order chi connectivity index (χ0) is 14.7. The van der Waals surface area contributed by atoms with Crippen LogP contribution in [0.25, 0.3) is 11.0 Å². The van der Waals surface area contributed by atoms with E-state index in [9.17, 15) is 0 Å². The van der Waals surface area contributed by atoms with Gasteiger partial charge in [0.15, 0.2) is 5.82 Å². The minimum atomic E-state index is 0.994. The Balaban J connectivity index is 1.57. The fourth-order valence-electron chi connectivity index (χ4n) is 2.89. The number of aromatic nitrogens is 3. The van der Waals surface area contributed by atoms with E-state index in [-0.39, 0.29) is 0 Å². The molecule has 2 aromatic heterocycles. The number of hydrogen-bond donors (Lipinski definition) is 1. The van der Waals surface area contributed by atoms with Crippen LogP contribution in [0.5, 0.6) is 0 Å². The molecule has 1 aliphatic rings. The van der Waals surface area contributed by atoms with Crippen LogP contribution in [0.3, 0.4) is 0 Å². The highest BCUT2D eigenvalue weighted by atomic mass is 15.3. The predicted molar refractivity (Wildman–Crippen MR) is 85.7 cm³/mol. The standard InChI is InChI=1S/C15H24N6/c1-19(2)6-3-7-20-8-10-21(11-9-20)15-14-13(4-5-16-14)17-12-18-15/h4-5,12,16H,3,6-11H2,1-2H3. The van der Waals surface area contributed by atoms with E-state index in [4.69, 9.17) is 0 Å². The Morgan fingerprint density at radius 1 is 1.19 bits per heavy atom. The van der Waals surface area contributed by atoms with Crippen LogP contribution in [-0.2, 0) is 0 Å². The third-order valence-corrected chi connectivity index (χ3v) is 4.08. The molecule has 0 aromatic carbocycles. The monoisotopic (exact) mass is 288 g/mol. The summed E-state index contributed by atoms with van der Waals surface area (Å²) in [5, 5.41) is 0. The van der Waals surface area contributed by atoms with Gasteiger partial charge in [-0.05, 0) is 39.7 Å². The molecule has 21 heavy (non-hydrogen) atoms. The number of fused-ring (bicyclic) bond motifs is 1. The van der Waals surface area contributed by atoms with Gasteiger partial charge in [-0.3, -0.25) is 4.90 Å². The molecule has 0 radical (unpaired) electrons. The third-order valence-electron chi connectivity index (χ3n) is 4.08. The summed E-state index contributed by atoms with van der Waals surface area (Å²) in [5.74, 6) is 1.04. The van der Waals surface area contributed by atoms with E-state index in [1.54, 1.807) is 6.33 Å². The molecule has 114 valence electrons. The van der Waals surface area contributed by atoms with Crippen LogP contribution in [0.4, 0.5) is 5.82 Å². The van der Waals surface area contributed by atoms with Crippen LogP contribution in [0.2, 0.25) is 0 Å². The summed E-state index contributed by atoms with van der Waals surface area (Å²) in [6.45, 7) is 6.64. The summed E-state index contributed by atoms with van der Waals surface area (Å²) in [6.07, 6.45) is 4.83. The summed E-state index contributed by atoms with van der Waals surface area (Å²) in [6, 6.07) is 2.00. The largest absolute Gasteiger partial charge is 0.357 e. The van der Waals surface area contributed by atoms with Crippen LogP contribution >= 0.6 is 0 Å². The number of aromatic amines is 1. The van der Waals surface area contributed by atoms with Crippen LogP contribution in [0.1, 0.15) is 6.42 Å². The molecular weight excluding hydrogens is 264 g/mol. The molecule has 0 amide bonds. The average molecular weight is 288 g/mol. The predicted octanol–water partition coefficient (Wildman–Crippen LogP) is 1.03. The zero-order valence-electron chi connectivity index (χ0n) is 12.9. The highest BCUT2D eigenvalue weighted by Gasteiger charge is 2.19. The maximum atomic E-state index is 4.47. The lowest BCUT2D eigenvalue weighted by molar-refractivity contribution is 0.242. The molecule has 0 unspecified atom stereocenters. The first-order valence-corrected chi connectivity index (χ1v) is 7.64. The van der Waals surface area contributed by atoms with Crippen molar-refractivity contribution < 1.29 is 0 Å². The Bertz CT molecular complexity index is 570. The molecule has 0 saturated carbocycles. The Morgan fingerprint density at radius 2 is 2.00 bits per heavy atom. The second kappa shape index (κ2) is 6.41. The van der Waals surface area contributed by atoms with Crippen molar-refractivity contribution in [1.29, 1.82) is 0 Å². The van der Waals surface area contributed by atoms with Gasteiger partial charge in [-0.1, -0.05) is 0 Å². The molecule has 6 nitrogen and oxygen atoms in total. The van der Waals surface area contributed by atoms with Crippen LogP contribution in [-0.4, -0.2) is 78.1 Å². The molecule has 0 spiro atoms. The smallest absolute Gasteiger partial charge is 0.156 e. The second-order valence-corrected chi connectivity index (χ2v) is 5.92. The summed E-state index contributed by atoms with van der Waals surface area (Å²) in [4.78, 5) is 19.2. The van der Waals surface area contributed by atoms with Crippen molar-refractivity contribution in [1.82, 2.24) is 24.8 Å². The molecular formula is C15H24N6. The highest BCUT2D eigenvalue weighted by Crippen LogP contribution is 2.22. The van der Waals surface area contributed by atoms with Gasteiger partial charge in [-0.25, -0.2) is 9.97 Å². The maximum Gasteiger partial charge on any atom is 0.156 e. The number of nitrogens with one attached hydrogen (secondary N) is 1. The Labute approximate surface area is 125 Å². The molecule has 1 saturated heterocycles. The minimum absolute atomic E-state index is 0.994. The van der Waals surface area contributed by atoms with E-state index in [1.165, 1.54) is 13.0 Å². The highest BCUT2D eigenvalue weighted by molar-refractivity contribution is 5.85. The van der Waals surface area contributed by atoms with Gasteiger partial charge in [0.05, 0.1) is 5.52 Å². The first kappa shape index (κ1) is 14.3. The van der Waals surface area contributed by atoms with E-state index < -0.39 is 0 Å². The van der Waals surface area contributed by atoms with E-state index >= 15 is 0 Å². The SMILES string of the molecule is CN(C)CCCN1CCN(c2ncnc3cc[nH]c23)CC1. The van der Waals surface area contributed by atoms with E-state index in [1.807, 2.05) is 12.3 Å². The van der Waals surface area contributed by atoms with Crippen LogP contribution in [0.15, 0.2) is 18.6 Å². The summed E-state index contributed by atoms with van der Waals surface area (Å²) < 4.78 is 0. The van der Waals surface area contributed by atoms with Crippen molar-refractivity contribution in [3.05, 3.63) is 18.6 Å². The van der Waals surface area contributed by atoms with Gasteiger partial charge >= 0.3 is 0 Å². The molecule has 1 N–H and O–H groups in total. The molecule has 2 aromatic rings. The molecule has 0 atom stereocenters. The number of piperazine rings is 1. The van der Waals surface area contributed by atoms with Gasteiger partial charge in [0, 0.05) is 32.4 Å². The van der Waals surface area contributed by atoms with Crippen LogP contribution < -0.4 is 4.90 Å². The number of hydrogen-bond acceptors (Lipinski definition) is 5. The minimum Gasteiger partial charge on any atom is -0.357 e. The Kier molecular flexibility index (Phi) is 4.36. The topological polar surface area (TPSA) is 51.3 Å². The van der Waals surface area contributed by atoms with E-state index in [0.29, 0.717) is 0 Å². The van der Waals surface area contributed by atoms with Gasteiger partial charge in [0.2, 0.25) is 0 Å². The fourth-order valence-corrected chi connectivity index (χ4v) is 2.89. The Hall–Kier alpha value is -1.66. The molecule has 0 aliphatic carbocycles. The fraction of sp³-hybridized carbons (Fsp3) is 0.600. The molecule has 6 heteroatoms. The maximum absolute atomic E-state index is 4.47. The van der Waals surface area contributed by atoms with E-state index in [2.05, 4.69) is 43.7 Å². The van der Waals surface area contributed by atoms with Gasteiger partial charge in [0.25, 0.3) is 0 Å². The average Bonchev–Trinajstić information content (AvgIpc) is 2.96. The van der Waals surface area contributed by atoms with Crippen molar-refractivity contribution in [3.8, 4) is 0 Å². The van der Waals surface area contributed by atoms with Gasteiger partial charge < -0.3 is 14.8 Å². The number of nitrogens with zero attached hydrogens (tertiary/aromatic N) is 5. The molecule has 0 bridgehead atoms. The van der Waals surface area contributed by atoms with Crippen molar-refractivity contribution in [2.45, 2.75) is 6.42 Å². The first-order valence-electron chi connectivity index (χ1n) is 7.64.